The predicted octanol–water partition coefficient (Wildman–Crippen LogP) is 6.39. The van der Waals surface area contributed by atoms with E-state index in [-0.39, 0.29) is 11.1 Å². The molecule has 2 aromatic carbocycles. The fraction of sp³-hybridized carbons (Fsp3) is 0.364. The molecule has 15 heteroatoms. The van der Waals surface area contributed by atoms with Gasteiger partial charge in [0.15, 0.2) is 0 Å². The molecular formula is C22H18F9NO5. The number of alkyl halides is 9. The smallest absolute Gasteiger partial charge is 0.453 e. The van der Waals surface area contributed by atoms with E-state index in [9.17, 15) is 49.1 Å². The molecule has 0 atom stereocenters. The van der Waals surface area contributed by atoms with Gasteiger partial charge in [-0.25, -0.2) is 4.79 Å². The first-order chi connectivity index (χ1) is 16.9. The number of amides is 1. The highest BCUT2D eigenvalue weighted by Crippen LogP contribution is 2.39. The molecule has 1 N–H and O–H groups in total. The number of carbonyl (C=O) groups is 2. The zero-order valence-corrected chi connectivity index (χ0v) is 18.7. The Labute approximate surface area is 203 Å². The summed E-state index contributed by atoms with van der Waals surface area (Å²) >= 11 is 0. The lowest BCUT2D eigenvalue weighted by molar-refractivity contribution is -0.275. The molecule has 0 heterocycles. The number of hydrogen-bond donors (Lipinski definition) is 1. The van der Waals surface area contributed by atoms with Gasteiger partial charge >= 0.3 is 25.0 Å². The second kappa shape index (κ2) is 11.2. The van der Waals surface area contributed by atoms with Crippen LogP contribution in [0, 0.1) is 0 Å². The van der Waals surface area contributed by atoms with Gasteiger partial charge in [0.05, 0.1) is 13.5 Å². The van der Waals surface area contributed by atoms with Gasteiger partial charge in [0.1, 0.15) is 22.8 Å². The fourth-order valence-corrected chi connectivity index (χ4v) is 3.37. The highest BCUT2D eigenvalue weighted by atomic mass is 19.4. The van der Waals surface area contributed by atoms with Crippen LogP contribution in [0.3, 0.4) is 0 Å². The molecule has 0 radical (unpaired) electrons. The molecule has 2 aromatic rings. The molecule has 0 aliphatic rings. The van der Waals surface area contributed by atoms with E-state index in [1.165, 1.54) is 0 Å². The second-order valence-electron chi connectivity index (χ2n) is 7.50. The van der Waals surface area contributed by atoms with Gasteiger partial charge in [-0.1, -0.05) is 24.3 Å². The van der Waals surface area contributed by atoms with Crippen LogP contribution < -0.4 is 14.8 Å². The third kappa shape index (κ3) is 9.38. The lowest BCUT2D eigenvalue weighted by Crippen LogP contribution is -2.48. The van der Waals surface area contributed by atoms with Crippen LogP contribution >= 0.6 is 0 Å². The summed E-state index contributed by atoms with van der Waals surface area (Å²) in [6.07, 6.45) is -20.0. The number of ketones is 1. The van der Waals surface area contributed by atoms with Crippen LogP contribution in [-0.2, 0) is 15.1 Å². The molecule has 0 unspecified atom stereocenters. The van der Waals surface area contributed by atoms with E-state index in [0.717, 1.165) is 55.6 Å². The molecule has 0 aliphatic carbocycles. The average Bonchev–Trinajstić information content (AvgIpc) is 2.74. The summed E-state index contributed by atoms with van der Waals surface area (Å²) in [5.74, 6) is -2.81. The topological polar surface area (TPSA) is 73.9 Å². The summed E-state index contributed by atoms with van der Waals surface area (Å²) in [6, 6.07) is 7.36. The molecular weight excluding hydrogens is 529 g/mol. The normalized spacial score (nSPS) is 12.6. The largest absolute Gasteiger partial charge is 0.573 e. The summed E-state index contributed by atoms with van der Waals surface area (Å²) in [5, 5.41) is 2.18. The van der Waals surface area contributed by atoms with E-state index in [4.69, 9.17) is 0 Å². The van der Waals surface area contributed by atoms with E-state index in [1.54, 1.807) is 0 Å². The SMILES string of the molecule is COC(=O)NC(CC(=O)CCC(F)(F)F)(c1cccc(OC(F)(F)F)c1)c1cccc(OC(F)(F)F)c1. The number of carbonyl (C=O) groups excluding carboxylic acids is 2. The molecule has 0 bridgehead atoms. The van der Waals surface area contributed by atoms with Crippen LogP contribution in [0.4, 0.5) is 44.3 Å². The molecule has 0 fully saturated rings. The molecule has 0 saturated carbocycles. The maximum Gasteiger partial charge on any atom is 0.573 e. The average molecular weight is 547 g/mol. The zero-order valence-electron chi connectivity index (χ0n) is 18.7. The Morgan fingerprint density at radius 1 is 0.784 bits per heavy atom. The molecule has 2 rings (SSSR count). The molecule has 0 saturated heterocycles. The molecule has 1 amide bonds. The number of benzene rings is 2. The van der Waals surface area contributed by atoms with Crippen molar-refractivity contribution in [2.45, 2.75) is 43.7 Å². The van der Waals surface area contributed by atoms with Gasteiger partial charge in [-0.15, -0.1) is 26.3 Å². The highest BCUT2D eigenvalue weighted by molar-refractivity contribution is 5.82. The van der Waals surface area contributed by atoms with Crippen molar-refractivity contribution in [1.82, 2.24) is 5.32 Å². The number of rotatable bonds is 9. The van der Waals surface area contributed by atoms with E-state index >= 15 is 0 Å². The van der Waals surface area contributed by atoms with Crippen LogP contribution in [0.2, 0.25) is 0 Å². The van der Waals surface area contributed by atoms with Gasteiger partial charge in [-0.3, -0.25) is 4.79 Å². The summed E-state index contributed by atoms with van der Waals surface area (Å²) in [7, 11) is 0.873. The van der Waals surface area contributed by atoms with Gasteiger partial charge in [-0.2, -0.15) is 13.2 Å². The Kier molecular flexibility index (Phi) is 8.93. The first-order valence-electron chi connectivity index (χ1n) is 10.1. The summed E-state index contributed by atoms with van der Waals surface area (Å²) < 4.78 is 127. The first kappa shape index (κ1) is 29.6. The second-order valence-corrected chi connectivity index (χ2v) is 7.50. The highest BCUT2D eigenvalue weighted by Gasteiger charge is 2.41. The third-order valence-corrected chi connectivity index (χ3v) is 4.77. The maximum atomic E-state index is 12.8. The van der Waals surface area contributed by atoms with Gasteiger partial charge < -0.3 is 19.5 Å². The van der Waals surface area contributed by atoms with Crippen molar-refractivity contribution in [3.63, 3.8) is 0 Å². The van der Waals surface area contributed by atoms with Crippen molar-refractivity contribution in [1.29, 1.82) is 0 Å². The minimum Gasteiger partial charge on any atom is -0.453 e. The van der Waals surface area contributed by atoms with E-state index in [0.29, 0.717) is 0 Å². The van der Waals surface area contributed by atoms with Crippen molar-refractivity contribution >= 4 is 11.9 Å². The lowest BCUT2D eigenvalue weighted by atomic mass is 9.78. The lowest BCUT2D eigenvalue weighted by Gasteiger charge is -2.35. The number of alkyl carbamates (subject to hydrolysis) is 1. The number of ether oxygens (including phenoxy) is 3. The van der Waals surface area contributed by atoms with Crippen molar-refractivity contribution in [2.75, 3.05) is 7.11 Å². The van der Waals surface area contributed by atoms with E-state index < -0.39 is 67.1 Å². The molecule has 0 aromatic heterocycles. The Hall–Kier alpha value is -3.65. The molecule has 37 heavy (non-hydrogen) atoms. The Balaban J connectivity index is 2.73. The molecule has 204 valence electrons. The Morgan fingerprint density at radius 2 is 1.24 bits per heavy atom. The minimum atomic E-state index is -5.17. The Bertz CT molecular complexity index is 1040. The van der Waals surface area contributed by atoms with Gasteiger partial charge in [0.25, 0.3) is 0 Å². The van der Waals surface area contributed by atoms with Crippen molar-refractivity contribution < 1.29 is 63.3 Å². The van der Waals surface area contributed by atoms with Gasteiger partial charge in [0, 0.05) is 12.8 Å². The fourth-order valence-electron chi connectivity index (χ4n) is 3.37. The monoisotopic (exact) mass is 547 g/mol. The van der Waals surface area contributed by atoms with Crippen LogP contribution in [0.15, 0.2) is 48.5 Å². The standard InChI is InChI=1S/C22H18F9NO5/c1-35-18(34)32-19(12-15(33)8-9-20(23,24)25,13-4-2-6-16(10-13)36-21(26,27)28)14-5-3-7-17(11-14)37-22(29,30)31/h2-7,10-11H,8-9,12H2,1H3,(H,32,34). The van der Waals surface area contributed by atoms with Crippen molar-refractivity contribution in [3.05, 3.63) is 59.7 Å². The zero-order chi connectivity index (χ0) is 28.1. The minimum absolute atomic E-state index is 0.343. The quantitative estimate of drug-likeness (QED) is 0.369. The van der Waals surface area contributed by atoms with Crippen molar-refractivity contribution in [3.8, 4) is 11.5 Å². The van der Waals surface area contributed by atoms with Crippen LogP contribution in [-0.4, -0.2) is 37.9 Å². The van der Waals surface area contributed by atoms with E-state index in [1.807, 2.05) is 0 Å². The number of Topliss-reactive ketones (excluding diaryl/α,β-unsaturated/α-hetero) is 1. The Morgan fingerprint density at radius 3 is 1.62 bits per heavy atom. The van der Waals surface area contributed by atoms with Crippen molar-refractivity contribution in [2.24, 2.45) is 0 Å². The van der Waals surface area contributed by atoms with Crippen LogP contribution in [0.25, 0.3) is 0 Å². The maximum absolute atomic E-state index is 12.8. The first-order valence-corrected chi connectivity index (χ1v) is 10.1. The molecule has 0 aliphatic heterocycles. The van der Waals surface area contributed by atoms with Gasteiger partial charge in [0.2, 0.25) is 0 Å². The van der Waals surface area contributed by atoms with Crippen LogP contribution in [0.5, 0.6) is 11.5 Å². The number of methoxy groups -OCH3 is 1. The molecule has 6 nitrogen and oxygen atoms in total. The number of hydrogen-bond acceptors (Lipinski definition) is 5. The summed E-state index contributed by atoms with van der Waals surface area (Å²) in [5.41, 5.74) is -2.99. The number of halogens is 9. The third-order valence-electron chi connectivity index (χ3n) is 4.77. The molecule has 0 spiro atoms. The predicted molar refractivity (Wildman–Crippen MR) is 107 cm³/mol. The van der Waals surface area contributed by atoms with Gasteiger partial charge in [-0.05, 0) is 35.4 Å². The van der Waals surface area contributed by atoms with Crippen LogP contribution in [0.1, 0.15) is 30.4 Å². The van der Waals surface area contributed by atoms with E-state index in [2.05, 4.69) is 19.5 Å². The summed E-state index contributed by atoms with van der Waals surface area (Å²) in [6.45, 7) is 0. The summed E-state index contributed by atoms with van der Waals surface area (Å²) in [4.78, 5) is 24.9. The number of nitrogens with one attached hydrogen (secondary N) is 1.